The fourth-order valence-corrected chi connectivity index (χ4v) is 3.12. The van der Waals surface area contributed by atoms with Gasteiger partial charge in [-0.3, -0.25) is 9.59 Å². The van der Waals surface area contributed by atoms with Crippen molar-refractivity contribution in [2.24, 2.45) is 0 Å². The Morgan fingerprint density at radius 1 is 1.32 bits per heavy atom. The lowest BCUT2D eigenvalue weighted by Gasteiger charge is -2.16. The summed E-state index contributed by atoms with van der Waals surface area (Å²) < 4.78 is 1.89. The van der Waals surface area contributed by atoms with E-state index in [1.165, 1.54) is 18.7 Å². The Kier molecular flexibility index (Phi) is 6.94. The van der Waals surface area contributed by atoms with Crippen LogP contribution in [0.25, 0.3) is 0 Å². The van der Waals surface area contributed by atoms with Crippen molar-refractivity contribution in [2.75, 3.05) is 5.75 Å². The van der Waals surface area contributed by atoms with Gasteiger partial charge in [-0.15, -0.1) is 16.8 Å². The van der Waals surface area contributed by atoms with E-state index < -0.39 is 6.04 Å². The first kappa shape index (κ1) is 18.9. The molecule has 1 atom stereocenters. The van der Waals surface area contributed by atoms with E-state index in [0.717, 1.165) is 11.4 Å². The first-order chi connectivity index (χ1) is 12.0. The van der Waals surface area contributed by atoms with Crippen LogP contribution in [0.4, 0.5) is 0 Å². The summed E-state index contributed by atoms with van der Waals surface area (Å²) in [5.74, 6) is 0.682. The quantitative estimate of drug-likeness (QED) is 0.549. The van der Waals surface area contributed by atoms with Crippen LogP contribution in [0, 0.1) is 6.92 Å². The van der Waals surface area contributed by atoms with Crippen molar-refractivity contribution in [2.45, 2.75) is 38.0 Å². The van der Waals surface area contributed by atoms with Crippen LogP contribution < -0.4 is 5.32 Å². The number of amides is 1. The van der Waals surface area contributed by atoms with E-state index >= 15 is 0 Å². The Morgan fingerprint density at radius 3 is 2.68 bits per heavy atom. The normalized spacial score (nSPS) is 11.8. The average molecular weight is 358 g/mol. The van der Waals surface area contributed by atoms with Gasteiger partial charge in [0, 0.05) is 6.54 Å². The fourth-order valence-electron chi connectivity index (χ4n) is 2.32. The predicted molar refractivity (Wildman–Crippen MR) is 98.4 cm³/mol. The number of carbonyl (C=O) groups is 2. The second-order valence-corrected chi connectivity index (χ2v) is 6.58. The zero-order valence-electron chi connectivity index (χ0n) is 14.4. The zero-order valence-corrected chi connectivity index (χ0v) is 15.3. The minimum atomic E-state index is -0.525. The number of rotatable bonds is 9. The topological polar surface area (TPSA) is 76.9 Å². The molecule has 1 amide bonds. The number of carbonyl (C=O) groups excluding carboxylic acids is 2. The lowest BCUT2D eigenvalue weighted by Crippen LogP contribution is -2.42. The molecule has 1 heterocycles. The molecule has 0 unspecified atom stereocenters. The molecule has 1 aromatic heterocycles. The first-order valence-corrected chi connectivity index (χ1v) is 8.97. The van der Waals surface area contributed by atoms with Gasteiger partial charge in [-0.2, -0.15) is 0 Å². The van der Waals surface area contributed by atoms with Gasteiger partial charge < -0.3 is 9.88 Å². The Labute approximate surface area is 151 Å². The molecule has 132 valence electrons. The van der Waals surface area contributed by atoms with Crippen molar-refractivity contribution >= 4 is 23.5 Å². The summed E-state index contributed by atoms with van der Waals surface area (Å²) in [5, 5.41) is 11.6. The van der Waals surface area contributed by atoms with Crippen molar-refractivity contribution in [3.8, 4) is 0 Å². The number of hydrogen-bond donors (Lipinski definition) is 1. The molecule has 1 N–H and O–H groups in total. The monoisotopic (exact) mass is 358 g/mol. The summed E-state index contributed by atoms with van der Waals surface area (Å²) in [5.41, 5.74) is 1.01. The second kappa shape index (κ2) is 9.17. The minimum Gasteiger partial charge on any atom is -0.345 e. The van der Waals surface area contributed by atoms with Crippen molar-refractivity contribution in [1.29, 1.82) is 0 Å². The van der Waals surface area contributed by atoms with E-state index in [-0.39, 0.29) is 17.4 Å². The molecular weight excluding hydrogens is 336 g/mol. The highest BCUT2D eigenvalue weighted by Crippen LogP contribution is 2.16. The molecular formula is C18H22N4O2S. The van der Waals surface area contributed by atoms with Crippen molar-refractivity contribution in [1.82, 2.24) is 20.1 Å². The number of nitrogens with one attached hydrogen (secondary N) is 1. The summed E-state index contributed by atoms with van der Waals surface area (Å²) in [6.45, 7) is 7.64. The summed E-state index contributed by atoms with van der Waals surface area (Å²) in [7, 11) is 0. The van der Waals surface area contributed by atoms with Crippen LogP contribution in [-0.4, -0.2) is 38.2 Å². The van der Waals surface area contributed by atoms with Crippen LogP contribution in [-0.2, 0) is 22.6 Å². The van der Waals surface area contributed by atoms with E-state index in [9.17, 15) is 9.59 Å². The van der Waals surface area contributed by atoms with E-state index in [4.69, 9.17) is 0 Å². The maximum atomic E-state index is 12.2. The lowest BCUT2D eigenvalue weighted by atomic mass is 10.0. The third-order valence-electron chi connectivity index (χ3n) is 3.65. The SMILES string of the molecule is C=CCn1c(C)nnc1SCC(=O)N[C@@H](Cc1ccccc1)C(C)=O. The molecule has 0 aliphatic rings. The van der Waals surface area contributed by atoms with Crippen molar-refractivity contribution in [3.63, 3.8) is 0 Å². The molecule has 6 nitrogen and oxygen atoms in total. The summed E-state index contributed by atoms with van der Waals surface area (Å²) in [6.07, 6.45) is 2.24. The number of benzene rings is 1. The summed E-state index contributed by atoms with van der Waals surface area (Å²) in [6, 6.07) is 9.11. The van der Waals surface area contributed by atoms with Gasteiger partial charge in [-0.25, -0.2) is 0 Å². The fraction of sp³-hybridized carbons (Fsp3) is 0.333. The molecule has 1 aromatic carbocycles. The number of aryl methyl sites for hydroxylation is 1. The number of nitrogens with zero attached hydrogens (tertiary/aromatic N) is 3. The highest BCUT2D eigenvalue weighted by atomic mass is 32.2. The van der Waals surface area contributed by atoms with Crippen LogP contribution in [0.15, 0.2) is 48.1 Å². The Morgan fingerprint density at radius 2 is 2.04 bits per heavy atom. The molecule has 0 saturated carbocycles. The minimum absolute atomic E-state index is 0.0622. The average Bonchev–Trinajstić information content (AvgIpc) is 2.94. The predicted octanol–water partition coefficient (Wildman–Crippen LogP) is 2.18. The van der Waals surface area contributed by atoms with Gasteiger partial charge in [-0.1, -0.05) is 48.2 Å². The third-order valence-corrected chi connectivity index (χ3v) is 4.62. The Hall–Kier alpha value is -2.41. The summed E-state index contributed by atoms with van der Waals surface area (Å²) in [4.78, 5) is 24.1. The maximum absolute atomic E-state index is 12.2. The van der Waals surface area contributed by atoms with Gasteiger partial charge in [0.05, 0.1) is 11.8 Å². The van der Waals surface area contributed by atoms with Gasteiger partial charge in [0.1, 0.15) is 5.82 Å². The van der Waals surface area contributed by atoms with Crippen LogP contribution in [0.2, 0.25) is 0 Å². The molecule has 2 aromatic rings. The highest BCUT2D eigenvalue weighted by molar-refractivity contribution is 7.99. The Bertz CT molecular complexity index is 743. The molecule has 25 heavy (non-hydrogen) atoms. The van der Waals surface area contributed by atoms with E-state index in [2.05, 4.69) is 22.1 Å². The molecule has 0 saturated heterocycles. The molecule has 0 aliphatic heterocycles. The van der Waals surface area contributed by atoms with E-state index in [1.807, 2.05) is 41.8 Å². The number of allylic oxidation sites excluding steroid dienone is 1. The molecule has 0 radical (unpaired) electrons. The number of ketones is 1. The number of hydrogen-bond acceptors (Lipinski definition) is 5. The second-order valence-electron chi connectivity index (χ2n) is 5.64. The first-order valence-electron chi connectivity index (χ1n) is 7.98. The van der Waals surface area contributed by atoms with Gasteiger partial charge in [0.15, 0.2) is 10.9 Å². The standard InChI is InChI=1S/C18H22N4O2S/c1-4-10-22-14(3)20-21-18(22)25-12-17(24)19-16(13(2)23)11-15-8-6-5-7-9-15/h4-9,16H,1,10-12H2,2-3H3,(H,19,24)/t16-/m0/s1. The van der Waals surface area contributed by atoms with E-state index in [0.29, 0.717) is 18.1 Å². The molecule has 2 rings (SSSR count). The summed E-state index contributed by atoms with van der Waals surface area (Å²) >= 11 is 1.29. The molecule has 7 heteroatoms. The molecule has 0 fully saturated rings. The lowest BCUT2D eigenvalue weighted by molar-refractivity contribution is -0.125. The molecule has 0 bridgehead atoms. The van der Waals surface area contributed by atoms with Crippen molar-refractivity contribution < 1.29 is 9.59 Å². The molecule has 0 spiro atoms. The maximum Gasteiger partial charge on any atom is 0.231 e. The van der Waals surface area contributed by atoms with Gasteiger partial charge in [-0.05, 0) is 25.8 Å². The highest BCUT2D eigenvalue weighted by Gasteiger charge is 2.18. The third kappa shape index (κ3) is 5.56. The number of thioether (sulfide) groups is 1. The van der Waals surface area contributed by atoms with Gasteiger partial charge in [0.2, 0.25) is 5.91 Å². The van der Waals surface area contributed by atoms with Gasteiger partial charge >= 0.3 is 0 Å². The van der Waals surface area contributed by atoms with Crippen molar-refractivity contribution in [3.05, 3.63) is 54.4 Å². The number of aromatic nitrogens is 3. The largest absolute Gasteiger partial charge is 0.345 e. The van der Waals surface area contributed by atoms with Crippen LogP contribution in [0.3, 0.4) is 0 Å². The van der Waals surface area contributed by atoms with Crippen LogP contribution in [0.1, 0.15) is 18.3 Å². The zero-order chi connectivity index (χ0) is 18.2. The van der Waals surface area contributed by atoms with Crippen LogP contribution >= 0.6 is 11.8 Å². The van der Waals surface area contributed by atoms with E-state index in [1.54, 1.807) is 6.08 Å². The van der Waals surface area contributed by atoms with Gasteiger partial charge in [0.25, 0.3) is 0 Å². The van der Waals surface area contributed by atoms with Crippen LogP contribution in [0.5, 0.6) is 0 Å². The Balaban J connectivity index is 1.93. The number of Topliss-reactive ketones (excluding diaryl/α,β-unsaturated/α-hetero) is 1. The molecule has 0 aliphatic carbocycles. The smallest absolute Gasteiger partial charge is 0.231 e.